The number of ketones is 1. The van der Waals surface area contributed by atoms with Crippen molar-refractivity contribution in [2.24, 2.45) is 5.92 Å². The predicted molar refractivity (Wildman–Crippen MR) is 134 cm³/mol. The monoisotopic (exact) mass is 597 g/mol. The summed E-state index contributed by atoms with van der Waals surface area (Å²) in [7, 11) is 0. The Bertz CT molecular complexity index is 1620. The van der Waals surface area contributed by atoms with Crippen LogP contribution in [0.3, 0.4) is 0 Å². The van der Waals surface area contributed by atoms with Gasteiger partial charge >= 0.3 is 11.9 Å². The van der Waals surface area contributed by atoms with Gasteiger partial charge in [-0.3, -0.25) is 9.36 Å². The lowest BCUT2D eigenvalue weighted by molar-refractivity contribution is -0.207. The van der Waals surface area contributed by atoms with Crippen LogP contribution < -0.4 is 5.69 Å². The number of aliphatic hydroxyl groups excluding tert-OH is 1. The Balaban J connectivity index is 1.41. The minimum Gasteiger partial charge on any atom is -0.382 e. The Labute approximate surface area is 233 Å². The van der Waals surface area contributed by atoms with E-state index in [-0.39, 0.29) is 41.8 Å². The van der Waals surface area contributed by atoms with Crippen LogP contribution in [0.1, 0.15) is 24.2 Å². The van der Waals surface area contributed by atoms with E-state index in [1.165, 1.54) is 41.5 Å². The van der Waals surface area contributed by atoms with E-state index in [0.29, 0.717) is 15.2 Å². The normalized spacial score (nSPS) is 16.0. The molecule has 5 rings (SSSR count). The largest absolute Gasteiger partial charge is 0.416 e. The van der Waals surface area contributed by atoms with Gasteiger partial charge in [0, 0.05) is 47.5 Å². The topological polar surface area (TPSA) is 121 Å². The lowest BCUT2D eigenvalue weighted by Gasteiger charge is -2.33. The number of nitrogens with zero attached hydrogens (tertiary/aromatic N) is 7. The maximum atomic E-state index is 13.2. The van der Waals surface area contributed by atoms with Crippen molar-refractivity contribution < 1.29 is 31.9 Å². The maximum absolute atomic E-state index is 13.2. The number of hydrogen-bond donors (Lipinski definition) is 1. The van der Waals surface area contributed by atoms with E-state index < -0.39 is 49.2 Å². The minimum absolute atomic E-state index is 0.0392. The molecular formula is C25H21ClF5N7O3. The van der Waals surface area contributed by atoms with E-state index >= 15 is 0 Å². The summed E-state index contributed by atoms with van der Waals surface area (Å²) in [5.41, 5.74) is -0.238. The van der Waals surface area contributed by atoms with Crippen molar-refractivity contribution in [3.63, 3.8) is 0 Å². The first-order valence-corrected chi connectivity index (χ1v) is 12.6. The van der Waals surface area contributed by atoms with Crippen molar-refractivity contribution in [1.29, 1.82) is 0 Å². The molecule has 16 heteroatoms. The fourth-order valence-electron chi connectivity index (χ4n) is 4.40. The van der Waals surface area contributed by atoms with Crippen LogP contribution in [0.2, 0.25) is 5.02 Å². The molecule has 1 saturated carbocycles. The average molecular weight is 598 g/mol. The molecule has 1 aromatic carbocycles. The molecule has 1 atom stereocenters. The summed E-state index contributed by atoms with van der Waals surface area (Å²) < 4.78 is 68.5. The van der Waals surface area contributed by atoms with Gasteiger partial charge in [0.2, 0.25) is 5.92 Å². The molecule has 0 amide bonds. The Morgan fingerprint density at radius 3 is 2.49 bits per heavy atom. The van der Waals surface area contributed by atoms with Gasteiger partial charge in [-0.05, 0) is 30.3 Å². The summed E-state index contributed by atoms with van der Waals surface area (Å²) in [6, 6.07) is 9.06. The van der Waals surface area contributed by atoms with Crippen LogP contribution in [0.5, 0.6) is 0 Å². The Kier molecular flexibility index (Phi) is 7.50. The van der Waals surface area contributed by atoms with Crippen LogP contribution in [0.4, 0.5) is 22.0 Å². The molecule has 216 valence electrons. The fourth-order valence-corrected chi connectivity index (χ4v) is 4.52. The molecule has 10 nitrogen and oxygen atoms in total. The van der Waals surface area contributed by atoms with Crippen molar-refractivity contribution in [3.05, 3.63) is 75.8 Å². The summed E-state index contributed by atoms with van der Waals surface area (Å²) in [6.45, 7) is -1.44. The molecule has 1 N–H and O–H groups in total. The minimum atomic E-state index is -4.97. The summed E-state index contributed by atoms with van der Waals surface area (Å²) in [4.78, 5) is 33.9. The summed E-state index contributed by atoms with van der Waals surface area (Å²) in [5.74, 6) is -3.80. The molecule has 0 spiro atoms. The lowest BCUT2D eigenvalue weighted by atomic mass is 9.77. The number of pyridine rings is 1. The lowest BCUT2D eigenvalue weighted by Crippen LogP contribution is -2.40. The highest BCUT2D eigenvalue weighted by atomic mass is 35.5. The van der Waals surface area contributed by atoms with Crippen molar-refractivity contribution in [3.8, 4) is 17.2 Å². The number of aromatic nitrogens is 7. The number of carbonyl (C=O) groups is 1. The first-order valence-electron chi connectivity index (χ1n) is 12.2. The highest BCUT2D eigenvalue weighted by molar-refractivity contribution is 6.30. The van der Waals surface area contributed by atoms with Gasteiger partial charge in [0.1, 0.15) is 18.7 Å². The van der Waals surface area contributed by atoms with E-state index in [2.05, 4.69) is 20.2 Å². The molecule has 0 aliphatic heterocycles. The van der Waals surface area contributed by atoms with Crippen LogP contribution >= 0.6 is 11.6 Å². The summed E-state index contributed by atoms with van der Waals surface area (Å²) in [5, 5.41) is 18.4. The van der Waals surface area contributed by atoms with E-state index in [1.54, 1.807) is 12.1 Å². The Hall–Kier alpha value is -3.98. The number of carbonyl (C=O) groups excluding carboxylic acids is 1. The van der Waals surface area contributed by atoms with Crippen LogP contribution in [-0.2, 0) is 24.3 Å². The number of Topliss-reactive ketones (excluding diaryl/α,β-unsaturated/α-hetero) is 1. The van der Waals surface area contributed by atoms with Crippen LogP contribution in [0.25, 0.3) is 17.2 Å². The fraction of sp³-hybridized carbons (Fsp3) is 0.360. The van der Waals surface area contributed by atoms with Crippen molar-refractivity contribution in [1.82, 2.24) is 34.1 Å². The molecular weight excluding hydrogens is 577 g/mol. The van der Waals surface area contributed by atoms with Crippen molar-refractivity contribution in [2.75, 3.05) is 0 Å². The molecule has 1 aliphatic rings. The number of alkyl halides is 5. The Morgan fingerprint density at radius 2 is 1.83 bits per heavy atom. The number of hydrogen-bond acceptors (Lipinski definition) is 7. The number of halogens is 6. The van der Waals surface area contributed by atoms with Crippen LogP contribution in [0, 0.1) is 5.92 Å². The summed E-state index contributed by atoms with van der Waals surface area (Å²) in [6.07, 6.45) is -6.22. The van der Waals surface area contributed by atoms with Crippen LogP contribution in [-0.4, -0.2) is 63.2 Å². The molecule has 3 aromatic heterocycles. The molecule has 3 heterocycles. The number of rotatable bonds is 9. The summed E-state index contributed by atoms with van der Waals surface area (Å²) >= 11 is 5.90. The van der Waals surface area contributed by atoms with Gasteiger partial charge in [-0.25, -0.2) is 32.9 Å². The van der Waals surface area contributed by atoms with E-state index in [9.17, 15) is 36.6 Å². The van der Waals surface area contributed by atoms with Crippen molar-refractivity contribution in [2.45, 2.75) is 50.6 Å². The van der Waals surface area contributed by atoms with Gasteiger partial charge in [-0.1, -0.05) is 17.7 Å². The molecule has 0 unspecified atom stereocenters. The van der Waals surface area contributed by atoms with E-state index in [4.69, 9.17) is 11.6 Å². The van der Waals surface area contributed by atoms with Gasteiger partial charge in [0.15, 0.2) is 23.6 Å². The van der Waals surface area contributed by atoms with Gasteiger partial charge < -0.3 is 5.11 Å². The smallest absolute Gasteiger partial charge is 0.382 e. The quantitative estimate of drug-likeness (QED) is 0.293. The van der Waals surface area contributed by atoms with Gasteiger partial charge in [0.25, 0.3) is 0 Å². The standard InChI is InChI=1S/C25H21ClF5N7O3/c26-17-5-3-14(4-6-17)22-35-37(23(41)36(22)11-19(40)25(29,30)31)12-20-33-13-38(34-20)21-15(2-1-7-32-21)8-18(39)16-9-24(27,28)10-16/h1-7,13,16,19,40H,8-12H2/t19-/m0/s1. The third-order valence-electron chi connectivity index (χ3n) is 6.58. The predicted octanol–water partition coefficient (Wildman–Crippen LogP) is 3.47. The highest BCUT2D eigenvalue weighted by Gasteiger charge is 2.48. The maximum Gasteiger partial charge on any atom is 0.416 e. The zero-order valence-electron chi connectivity index (χ0n) is 21.0. The Morgan fingerprint density at radius 1 is 1.12 bits per heavy atom. The first-order chi connectivity index (χ1) is 19.3. The van der Waals surface area contributed by atoms with Gasteiger partial charge in [-0.2, -0.15) is 13.2 Å². The molecule has 41 heavy (non-hydrogen) atoms. The second kappa shape index (κ2) is 10.8. The molecule has 0 bridgehead atoms. The molecule has 0 saturated heterocycles. The molecule has 4 aromatic rings. The van der Waals surface area contributed by atoms with Crippen LogP contribution in [0.15, 0.2) is 53.7 Å². The van der Waals surface area contributed by atoms with E-state index in [0.717, 1.165) is 4.68 Å². The SMILES string of the molecule is O=C(Cc1cccnc1-n1cnc(Cn2nc(-c3ccc(Cl)cc3)n(C[C@H](O)C(F)(F)F)c2=O)n1)C1CC(F)(F)C1. The third kappa shape index (κ3) is 6.20. The highest BCUT2D eigenvalue weighted by Crippen LogP contribution is 2.43. The zero-order chi connectivity index (χ0) is 29.5. The zero-order valence-corrected chi connectivity index (χ0v) is 21.7. The molecule has 1 aliphatic carbocycles. The second-order valence-corrected chi connectivity index (χ2v) is 10.1. The van der Waals surface area contributed by atoms with Gasteiger partial charge in [-0.15, -0.1) is 10.2 Å². The number of benzene rings is 1. The molecule has 0 radical (unpaired) electrons. The second-order valence-electron chi connectivity index (χ2n) is 9.63. The first kappa shape index (κ1) is 28.5. The van der Waals surface area contributed by atoms with Gasteiger partial charge in [0.05, 0.1) is 6.54 Å². The average Bonchev–Trinajstić information content (AvgIpc) is 3.48. The number of aliphatic hydroxyl groups is 1. The van der Waals surface area contributed by atoms with E-state index in [1.807, 2.05) is 0 Å². The van der Waals surface area contributed by atoms with Crippen molar-refractivity contribution >= 4 is 17.4 Å². The third-order valence-corrected chi connectivity index (χ3v) is 6.84. The molecule has 1 fully saturated rings.